The van der Waals surface area contributed by atoms with Crippen LogP contribution in [0.2, 0.25) is 0 Å². The highest BCUT2D eigenvalue weighted by Gasteiger charge is 2.39. The standard InChI is InChI=1S/C13H19N3O2S/c1-15-8-9-18-13(10-15)3-6-16(7-4-13)12(17)11-2-5-14-19-11/h2,5H,3-4,6-10H2,1H3. The number of amides is 1. The van der Waals surface area contributed by atoms with Crippen LogP contribution in [-0.4, -0.2) is 65.5 Å². The first-order valence-corrected chi connectivity index (χ1v) is 7.48. The molecular weight excluding hydrogens is 262 g/mol. The SMILES string of the molecule is CN1CCOC2(CCN(C(=O)c3ccns3)CC2)C1. The van der Waals surface area contributed by atoms with Gasteiger partial charge in [-0.3, -0.25) is 4.79 Å². The molecule has 0 N–H and O–H groups in total. The Morgan fingerprint density at radius 1 is 1.42 bits per heavy atom. The van der Waals surface area contributed by atoms with Crippen LogP contribution in [0.1, 0.15) is 22.5 Å². The summed E-state index contributed by atoms with van der Waals surface area (Å²) < 4.78 is 10.0. The van der Waals surface area contributed by atoms with Crippen LogP contribution in [0.25, 0.3) is 0 Å². The molecule has 2 aliphatic rings. The number of likely N-dealkylation sites (N-methyl/N-ethyl adjacent to an activating group) is 1. The minimum absolute atomic E-state index is 0.0303. The molecule has 0 unspecified atom stereocenters. The summed E-state index contributed by atoms with van der Waals surface area (Å²) >= 11 is 1.27. The fourth-order valence-electron chi connectivity index (χ4n) is 2.94. The van der Waals surface area contributed by atoms with Gasteiger partial charge in [-0.15, -0.1) is 0 Å². The van der Waals surface area contributed by atoms with Gasteiger partial charge in [0.1, 0.15) is 4.88 Å². The van der Waals surface area contributed by atoms with Crippen LogP contribution in [0.4, 0.5) is 0 Å². The zero-order valence-corrected chi connectivity index (χ0v) is 12.0. The van der Waals surface area contributed by atoms with Gasteiger partial charge in [-0.2, -0.15) is 0 Å². The summed E-state index contributed by atoms with van der Waals surface area (Å²) in [5.41, 5.74) is -0.0303. The van der Waals surface area contributed by atoms with Crippen LogP contribution >= 0.6 is 11.5 Å². The van der Waals surface area contributed by atoms with Crippen LogP contribution < -0.4 is 0 Å². The number of likely N-dealkylation sites (tertiary alicyclic amines) is 1. The summed E-state index contributed by atoms with van der Waals surface area (Å²) in [6.07, 6.45) is 3.55. The molecule has 3 rings (SSSR count). The summed E-state index contributed by atoms with van der Waals surface area (Å²) in [4.78, 5) is 17.2. The Morgan fingerprint density at radius 3 is 2.84 bits per heavy atom. The number of carbonyl (C=O) groups is 1. The van der Waals surface area contributed by atoms with Gasteiger partial charge in [-0.1, -0.05) is 0 Å². The maximum absolute atomic E-state index is 12.2. The van der Waals surface area contributed by atoms with Crippen molar-refractivity contribution in [2.24, 2.45) is 0 Å². The van der Waals surface area contributed by atoms with E-state index < -0.39 is 0 Å². The molecule has 0 bridgehead atoms. The van der Waals surface area contributed by atoms with Crippen molar-refractivity contribution in [1.29, 1.82) is 0 Å². The molecule has 3 heterocycles. The Balaban J connectivity index is 1.61. The molecule has 6 heteroatoms. The Kier molecular flexibility index (Phi) is 3.56. The van der Waals surface area contributed by atoms with E-state index in [0.717, 1.165) is 50.5 Å². The van der Waals surface area contributed by atoms with Gasteiger partial charge < -0.3 is 14.5 Å². The third-order valence-electron chi connectivity index (χ3n) is 4.05. The summed E-state index contributed by atoms with van der Waals surface area (Å²) in [5, 5.41) is 0. The van der Waals surface area contributed by atoms with Crippen molar-refractivity contribution in [2.75, 3.05) is 39.8 Å². The average Bonchev–Trinajstić information content (AvgIpc) is 2.92. The van der Waals surface area contributed by atoms with Crippen molar-refractivity contribution in [3.63, 3.8) is 0 Å². The molecule has 1 spiro atoms. The second-order valence-corrected chi connectivity index (χ2v) is 6.27. The lowest BCUT2D eigenvalue weighted by atomic mass is 9.89. The number of carbonyl (C=O) groups excluding carboxylic acids is 1. The van der Waals surface area contributed by atoms with Gasteiger partial charge in [-0.05, 0) is 37.5 Å². The van der Waals surface area contributed by atoms with E-state index in [-0.39, 0.29) is 11.5 Å². The zero-order chi connectivity index (χ0) is 13.3. The normalized spacial score (nSPS) is 23.7. The lowest BCUT2D eigenvalue weighted by Crippen LogP contribution is -2.56. The molecule has 1 aromatic heterocycles. The highest BCUT2D eigenvalue weighted by atomic mass is 32.1. The van der Waals surface area contributed by atoms with Crippen LogP contribution in [0.15, 0.2) is 12.3 Å². The lowest BCUT2D eigenvalue weighted by Gasteiger charge is -2.46. The van der Waals surface area contributed by atoms with E-state index in [1.807, 2.05) is 4.90 Å². The number of piperidine rings is 1. The van der Waals surface area contributed by atoms with Crippen molar-refractivity contribution < 1.29 is 9.53 Å². The summed E-state index contributed by atoms with van der Waals surface area (Å²) in [6.45, 7) is 4.36. The number of nitrogens with zero attached hydrogens (tertiary/aromatic N) is 3. The Morgan fingerprint density at radius 2 is 2.21 bits per heavy atom. The van der Waals surface area contributed by atoms with E-state index in [1.165, 1.54) is 11.5 Å². The number of ether oxygens (including phenoxy) is 1. The highest BCUT2D eigenvalue weighted by Crippen LogP contribution is 2.30. The monoisotopic (exact) mass is 281 g/mol. The van der Waals surface area contributed by atoms with Gasteiger partial charge >= 0.3 is 0 Å². The first-order chi connectivity index (χ1) is 9.19. The molecule has 2 aliphatic heterocycles. The van der Waals surface area contributed by atoms with Gasteiger partial charge in [0.2, 0.25) is 0 Å². The second kappa shape index (κ2) is 5.19. The molecule has 0 aromatic carbocycles. The third-order valence-corrected chi connectivity index (χ3v) is 4.78. The third kappa shape index (κ3) is 2.66. The topological polar surface area (TPSA) is 45.7 Å². The molecule has 0 radical (unpaired) electrons. The number of rotatable bonds is 1. The van der Waals surface area contributed by atoms with Crippen molar-refractivity contribution in [2.45, 2.75) is 18.4 Å². The summed E-state index contributed by atoms with van der Waals surface area (Å²) in [5.74, 6) is 0.113. The maximum atomic E-state index is 12.2. The molecule has 5 nitrogen and oxygen atoms in total. The van der Waals surface area contributed by atoms with Gasteiger partial charge in [0.05, 0.1) is 12.2 Å². The van der Waals surface area contributed by atoms with E-state index in [1.54, 1.807) is 12.3 Å². The number of morpholine rings is 1. The van der Waals surface area contributed by atoms with Crippen LogP contribution in [0, 0.1) is 0 Å². The average molecular weight is 281 g/mol. The van der Waals surface area contributed by atoms with Gasteiger partial charge in [0.15, 0.2) is 0 Å². The lowest BCUT2D eigenvalue weighted by molar-refractivity contribution is -0.127. The van der Waals surface area contributed by atoms with Crippen LogP contribution in [0.3, 0.4) is 0 Å². The molecule has 2 saturated heterocycles. The predicted molar refractivity (Wildman–Crippen MR) is 73.4 cm³/mol. The fraction of sp³-hybridized carbons (Fsp3) is 0.692. The fourth-order valence-corrected chi connectivity index (χ4v) is 3.50. The molecule has 1 aromatic rings. The van der Waals surface area contributed by atoms with Gasteiger partial charge in [0, 0.05) is 32.4 Å². The van der Waals surface area contributed by atoms with Gasteiger partial charge in [0.25, 0.3) is 5.91 Å². The largest absolute Gasteiger partial charge is 0.372 e. The van der Waals surface area contributed by atoms with Crippen molar-refractivity contribution in [3.8, 4) is 0 Å². The van der Waals surface area contributed by atoms with Crippen molar-refractivity contribution in [3.05, 3.63) is 17.1 Å². The first-order valence-electron chi connectivity index (χ1n) is 6.71. The first kappa shape index (κ1) is 13.0. The zero-order valence-electron chi connectivity index (χ0n) is 11.2. The number of hydrogen-bond acceptors (Lipinski definition) is 5. The minimum atomic E-state index is -0.0303. The van der Waals surface area contributed by atoms with Crippen LogP contribution in [0.5, 0.6) is 0 Å². The number of aromatic nitrogens is 1. The van der Waals surface area contributed by atoms with E-state index in [0.29, 0.717) is 0 Å². The van der Waals surface area contributed by atoms with Crippen LogP contribution in [-0.2, 0) is 4.74 Å². The maximum Gasteiger partial charge on any atom is 0.265 e. The predicted octanol–water partition coefficient (Wildman–Crippen LogP) is 1.08. The smallest absolute Gasteiger partial charge is 0.265 e. The van der Waals surface area contributed by atoms with E-state index >= 15 is 0 Å². The van der Waals surface area contributed by atoms with Crippen molar-refractivity contribution in [1.82, 2.24) is 14.2 Å². The number of hydrogen-bond donors (Lipinski definition) is 0. The van der Waals surface area contributed by atoms with Crippen molar-refractivity contribution >= 4 is 17.4 Å². The Labute approximate surface area is 117 Å². The quantitative estimate of drug-likeness (QED) is 0.773. The summed E-state index contributed by atoms with van der Waals surface area (Å²) in [6, 6.07) is 1.79. The molecule has 2 fully saturated rings. The highest BCUT2D eigenvalue weighted by molar-refractivity contribution is 7.08. The minimum Gasteiger partial charge on any atom is -0.372 e. The molecule has 0 saturated carbocycles. The molecule has 0 atom stereocenters. The van der Waals surface area contributed by atoms with E-state index in [4.69, 9.17) is 4.74 Å². The molecule has 19 heavy (non-hydrogen) atoms. The molecule has 1 amide bonds. The van der Waals surface area contributed by atoms with E-state index in [9.17, 15) is 4.79 Å². The Hall–Kier alpha value is -0.980. The second-order valence-electron chi connectivity index (χ2n) is 5.44. The summed E-state index contributed by atoms with van der Waals surface area (Å²) in [7, 11) is 2.14. The van der Waals surface area contributed by atoms with E-state index in [2.05, 4.69) is 16.3 Å². The Bertz CT molecular complexity index is 441. The molecule has 0 aliphatic carbocycles. The van der Waals surface area contributed by atoms with Gasteiger partial charge in [-0.25, -0.2) is 4.37 Å². The molecule has 104 valence electrons. The molecular formula is C13H19N3O2S.